The Balaban J connectivity index is 1.09. The molecule has 4 saturated carbocycles. The van der Waals surface area contributed by atoms with Crippen molar-refractivity contribution in [3.05, 3.63) is 52.9 Å². The number of esters is 1. The lowest BCUT2D eigenvalue weighted by Crippen LogP contribution is -2.62. The fraction of sp³-hybridized carbons (Fsp3) is 0.519. The highest BCUT2D eigenvalue weighted by atomic mass is 32.2. The molecule has 3 amide bonds. The highest BCUT2D eigenvalue weighted by Crippen LogP contribution is 2.55. The van der Waals surface area contributed by atoms with Crippen LogP contribution in [-0.2, 0) is 37.3 Å². The molecule has 11 heteroatoms. The van der Waals surface area contributed by atoms with Gasteiger partial charge in [0.2, 0.25) is 0 Å². The number of hydrogen-bond acceptors (Lipinski definition) is 7. The van der Waals surface area contributed by atoms with Gasteiger partial charge in [0.1, 0.15) is 10.3 Å². The van der Waals surface area contributed by atoms with Gasteiger partial charge < -0.3 is 10.1 Å². The molecule has 38 heavy (non-hydrogen) atoms. The van der Waals surface area contributed by atoms with Crippen LogP contribution < -0.4 is 10.6 Å². The van der Waals surface area contributed by atoms with E-state index in [4.69, 9.17) is 4.74 Å². The molecule has 1 aromatic carbocycles. The zero-order valence-corrected chi connectivity index (χ0v) is 22.6. The van der Waals surface area contributed by atoms with Crippen LogP contribution in [0.2, 0.25) is 0 Å². The molecule has 1 aliphatic heterocycles. The van der Waals surface area contributed by atoms with Gasteiger partial charge in [-0.25, -0.2) is 13.2 Å². The molecule has 0 unspecified atom stereocenters. The Morgan fingerprint density at radius 2 is 1.63 bits per heavy atom. The van der Waals surface area contributed by atoms with Crippen LogP contribution in [0.15, 0.2) is 46.0 Å². The van der Waals surface area contributed by atoms with Crippen LogP contribution in [0, 0.1) is 17.8 Å². The number of urea groups is 1. The number of carbonyl (C=O) groups is 3. The molecule has 1 aromatic heterocycles. The number of fused-ring (bicyclic) bond motifs is 1. The van der Waals surface area contributed by atoms with Gasteiger partial charge in [0.25, 0.3) is 15.9 Å². The Morgan fingerprint density at radius 1 is 0.974 bits per heavy atom. The molecule has 2 heterocycles. The van der Waals surface area contributed by atoms with Crippen LogP contribution in [-0.4, -0.2) is 48.8 Å². The van der Waals surface area contributed by atoms with E-state index >= 15 is 0 Å². The first-order chi connectivity index (χ1) is 18.2. The van der Waals surface area contributed by atoms with E-state index in [9.17, 15) is 22.8 Å². The van der Waals surface area contributed by atoms with Crippen molar-refractivity contribution in [2.45, 2.75) is 67.3 Å². The number of benzene rings is 1. The standard InChI is InChI=1S/C27H31N3O6S2/c31-23(28-26(33)29-27-12-17-8-18(13-27)10-19(9-17)14-27)16-36-25(32)22-11-20-4-1-2-5-21(20)15-30(22)38(34,35)24-6-3-7-37-24/h1-7,17-19,22H,8-16H2,(H2,28,29,31,33)/t17?,18?,19?,22-,27?/m0/s1. The Morgan fingerprint density at radius 3 is 2.26 bits per heavy atom. The summed E-state index contributed by atoms with van der Waals surface area (Å²) in [4.78, 5) is 38.3. The van der Waals surface area contributed by atoms with Crippen molar-refractivity contribution in [2.75, 3.05) is 6.61 Å². The second-order valence-electron chi connectivity index (χ2n) is 11.3. The lowest BCUT2D eigenvalue weighted by Gasteiger charge is -2.56. The third-order valence-corrected chi connectivity index (χ3v) is 11.8. The van der Waals surface area contributed by atoms with Crippen LogP contribution in [0.5, 0.6) is 0 Å². The van der Waals surface area contributed by atoms with E-state index in [0.717, 1.165) is 46.0 Å². The molecule has 2 aromatic rings. The molecule has 1 atom stereocenters. The zero-order valence-electron chi connectivity index (χ0n) is 20.9. The average Bonchev–Trinajstić information content (AvgIpc) is 3.41. The normalized spacial score (nSPS) is 29.9. The molecule has 9 nitrogen and oxygen atoms in total. The molecule has 5 aliphatic rings. The smallest absolute Gasteiger partial charge is 0.325 e. The van der Waals surface area contributed by atoms with Crippen LogP contribution in [0.3, 0.4) is 0 Å². The van der Waals surface area contributed by atoms with E-state index < -0.39 is 40.6 Å². The third-order valence-electron chi connectivity index (χ3n) is 8.55. The maximum absolute atomic E-state index is 13.4. The van der Waals surface area contributed by atoms with Crippen LogP contribution in [0.25, 0.3) is 0 Å². The second kappa shape index (κ2) is 9.77. The number of thiophene rings is 1. The second-order valence-corrected chi connectivity index (χ2v) is 14.3. The quantitative estimate of drug-likeness (QED) is 0.526. The number of carbonyl (C=O) groups excluding carboxylic acids is 3. The summed E-state index contributed by atoms with van der Waals surface area (Å²) in [5.74, 6) is 0.368. The van der Waals surface area contributed by atoms with E-state index in [1.54, 1.807) is 11.4 Å². The Kier molecular flexibility index (Phi) is 6.56. The first-order valence-corrected chi connectivity index (χ1v) is 15.4. The minimum Gasteiger partial charge on any atom is -0.454 e. The fourth-order valence-electron chi connectivity index (χ4n) is 7.41. The molecule has 202 valence electrons. The maximum Gasteiger partial charge on any atom is 0.325 e. The first kappa shape index (κ1) is 25.5. The number of hydrogen-bond donors (Lipinski definition) is 2. The summed E-state index contributed by atoms with van der Waals surface area (Å²) >= 11 is 1.08. The molecule has 4 bridgehead atoms. The molecular formula is C27H31N3O6S2. The van der Waals surface area contributed by atoms with Gasteiger partial charge in [-0.1, -0.05) is 30.3 Å². The van der Waals surface area contributed by atoms with Gasteiger partial charge in [-0.3, -0.25) is 14.9 Å². The molecule has 4 fully saturated rings. The lowest BCUT2D eigenvalue weighted by atomic mass is 9.53. The van der Waals surface area contributed by atoms with Crippen LogP contribution >= 0.6 is 11.3 Å². The molecule has 0 saturated heterocycles. The number of ether oxygens (including phenoxy) is 1. The molecular weight excluding hydrogens is 526 g/mol. The predicted octanol–water partition coefficient (Wildman–Crippen LogP) is 3.20. The van der Waals surface area contributed by atoms with E-state index in [1.165, 1.54) is 25.3 Å². The van der Waals surface area contributed by atoms with Gasteiger partial charge in [-0.05, 0) is 78.9 Å². The monoisotopic (exact) mass is 557 g/mol. The Labute approximate surface area is 226 Å². The van der Waals surface area contributed by atoms with Gasteiger partial charge in [0.05, 0.1) is 0 Å². The Hall–Kier alpha value is -2.76. The maximum atomic E-state index is 13.4. The first-order valence-electron chi connectivity index (χ1n) is 13.1. The molecule has 7 rings (SSSR count). The number of amides is 3. The minimum atomic E-state index is -3.95. The van der Waals surface area contributed by atoms with Crippen molar-refractivity contribution in [1.82, 2.24) is 14.9 Å². The van der Waals surface area contributed by atoms with Gasteiger partial charge in [0, 0.05) is 18.5 Å². The van der Waals surface area contributed by atoms with E-state index in [-0.39, 0.29) is 22.7 Å². The van der Waals surface area contributed by atoms with Crippen molar-refractivity contribution in [1.29, 1.82) is 0 Å². The zero-order chi connectivity index (χ0) is 26.5. The highest BCUT2D eigenvalue weighted by Gasteiger charge is 2.51. The topological polar surface area (TPSA) is 122 Å². The van der Waals surface area contributed by atoms with Crippen LogP contribution in [0.4, 0.5) is 4.79 Å². The summed E-state index contributed by atoms with van der Waals surface area (Å²) < 4.78 is 33.2. The number of sulfonamides is 1. The van der Waals surface area contributed by atoms with E-state index in [1.807, 2.05) is 24.3 Å². The summed E-state index contributed by atoms with van der Waals surface area (Å²) in [6.07, 6.45) is 6.70. The predicted molar refractivity (Wildman–Crippen MR) is 140 cm³/mol. The van der Waals surface area contributed by atoms with Crippen molar-refractivity contribution >= 4 is 39.3 Å². The van der Waals surface area contributed by atoms with E-state index in [2.05, 4.69) is 10.6 Å². The van der Waals surface area contributed by atoms with Crippen molar-refractivity contribution < 1.29 is 27.5 Å². The molecule has 0 radical (unpaired) electrons. The van der Waals surface area contributed by atoms with Crippen LogP contribution in [0.1, 0.15) is 49.7 Å². The van der Waals surface area contributed by atoms with Gasteiger partial charge >= 0.3 is 12.0 Å². The number of nitrogens with zero attached hydrogens (tertiary/aromatic N) is 1. The number of imide groups is 1. The molecule has 4 aliphatic carbocycles. The minimum absolute atomic E-state index is 0.0237. The van der Waals surface area contributed by atoms with E-state index in [0.29, 0.717) is 17.8 Å². The lowest BCUT2D eigenvalue weighted by molar-refractivity contribution is -0.152. The number of nitrogens with one attached hydrogen (secondary N) is 2. The average molecular weight is 558 g/mol. The molecule has 2 N–H and O–H groups in total. The molecule has 0 spiro atoms. The summed E-state index contributed by atoms with van der Waals surface area (Å²) in [5, 5.41) is 7.02. The Bertz CT molecular complexity index is 1320. The van der Waals surface area contributed by atoms with Crippen molar-refractivity contribution in [2.24, 2.45) is 17.8 Å². The van der Waals surface area contributed by atoms with Gasteiger partial charge in [-0.15, -0.1) is 11.3 Å². The summed E-state index contributed by atoms with van der Waals surface area (Å²) in [7, 11) is -3.95. The highest BCUT2D eigenvalue weighted by molar-refractivity contribution is 7.91. The fourth-order valence-corrected chi connectivity index (χ4v) is 10.1. The summed E-state index contributed by atoms with van der Waals surface area (Å²) in [6.45, 7) is -0.645. The largest absolute Gasteiger partial charge is 0.454 e. The summed E-state index contributed by atoms with van der Waals surface area (Å²) in [5.41, 5.74) is 1.42. The van der Waals surface area contributed by atoms with Gasteiger partial charge in [-0.2, -0.15) is 4.31 Å². The number of rotatable bonds is 6. The van der Waals surface area contributed by atoms with Crippen molar-refractivity contribution in [3.8, 4) is 0 Å². The SMILES string of the molecule is O=C(COC(=O)[C@@H]1Cc2ccccc2CN1S(=O)(=O)c1cccs1)NC(=O)NC12CC3CC(CC(C3)C1)C2. The van der Waals surface area contributed by atoms with Gasteiger partial charge in [0.15, 0.2) is 6.61 Å². The van der Waals surface area contributed by atoms with Crippen molar-refractivity contribution in [3.63, 3.8) is 0 Å². The summed E-state index contributed by atoms with van der Waals surface area (Å²) in [6, 6.07) is 8.80. The third kappa shape index (κ3) is 4.87.